The standard InChI is InChI=1S/C15H15F3N4O/c1-2-22-12(9-5-6-9)8-11(21-22)14(23)20-10-4-3-7-19-13(10)15(16,17)18/h3-4,7-9H,2,5-6H2,1H3,(H,20,23). The summed E-state index contributed by atoms with van der Waals surface area (Å²) >= 11 is 0. The summed E-state index contributed by atoms with van der Waals surface area (Å²) in [6.07, 6.45) is -1.50. The number of nitrogens with one attached hydrogen (secondary N) is 1. The van der Waals surface area contributed by atoms with Crippen molar-refractivity contribution in [2.45, 2.75) is 38.4 Å². The highest BCUT2D eigenvalue weighted by Crippen LogP contribution is 2.40. The summed E-state index contributed by atoms with van der Waals surface area (Å²) in [6, 6.07) is 4.16. The fourth-order valence-corrected chi connectivity index (χ4v) is 2.42. The van der Waals surface area contributed by atoms with E-state index in [1.165, 1.54) is 12.1 Å². The molecule has 1 N–H and O–H groups in total. The molecule has 0 saturated heterocycles. The van der Waals surface area contributed by atoms with Gasteiger partial charge in [-0.15, -0.1) is 0 Å². The molecule has 1 saturated carbocycles. The molecule has 0 radical (unpaired) electrons. The molecule has 0 spiro atoms. The second-order valence-electron chi connectivity index (χ2n) is 5.40. The Morgan fingerprint density at radius 1 is 1.43 bits per heavy atom. The van der Waals surface area contributed by atoms with Gasteiger partial charge in [-0.25, -0.2) is 4.98 Å². The molecular weight excluding hydrogens is 309 g/mol. The normalized spacial score (nSPS) is 14.8. The highest BCUT2D eigenvalue weighted by atomic mass is 19.4. The van der Waals surface area contributed by atoms with Gasteiger partial charge in [0.05, 0.1) is 5.69 Å². The van der Waals surface area contributed by atoms with E-state index in [0.29, 0.717) is 12.5 Å². The Balaban J connectivity index is 1.85. The van der Waals surface area contributed by atoms with E-state index < -0.39 is 17.8 Å². The number of rotatable bonds is 4. The Labute approximate surface area is 130 Å². The molecule has 2 aromatic rings. The number of carbonyl (C=O) groups excluding carboxylic acids is 1. The maximum Gasteiger partial charge on any atom is 0.435 e. The first-order valence-corrected chi connectivity index (χ1v) is 7.31. The van der Waals surface area contributed by atoms with Crippen molar-refractivity contribution in [3.63, 3.8) is 0 Å². The van der Waals surface area contributed by atoms with Crippen LogP contribution in [0.2, 0.25) is 0 Å². The third kappa shape index (κ3) is 3.20. The number of anilines is 1. The average Bonchev–Trinajstić information content (AvgIpc) is 3.25. The van der Waals surface area contributed by atoms with Crippen LogP contribution in [0, 0.1) is 0 Å². The van der Waals surface area contributed by atoms with E-state index in [-0.39, 0.29) is 11.4 Å². The minimum absolute atomic E-state index is 0.116. The predicted octanol–water partition coefficient (Wildman–Crippen LogP) is 3.45. The Morgan fingerprint density at radius 2 is 2.17 bits per heavy atom. The smallest absolute Gasteiger partial charge is 0.319 e. The zero-order valence-electron chi connectivity index (χ0n) is 12.4. The SMILES string of the molecule is CCn1nc(C(=O)Nc2cccnc2C(F)(F)F)cc1C1CC1. The monoisotopic (exact) mass is 324 g/mol. The van der Waals surface area contributed by atoms with Crippen LogP contribution in [0.4, 0.5) is 18.9 Å². The number of pyridine rings is 1. The second-order valence-corrected chi connectivity index (χ2v) is 5.40. The Hall–Kier alpha value is -2.38. The van der Waals surface area contributed by atoms with Crippen LogP contribution in [-0.2, 0) is 12.7 Å². The van der Waals surface area contributed by atoms with Gasteiger partial charge in [-0.2, -0.15) is 18.3 Å². The average molecular weight is 324 g/mol. The highest BCUT2D eigenvalue weighted by Gasteiger charge is 2.36. The Bertz CT molecular complexity index is 735. The van der Waals surface area contributed by atoms with Gasteiger partial charge in [0.1, 0.15) is 0 Å². The van der Waals surface area contributed by atoms with E-state index in [9.17, 15) is 18.0 Å². The summed E-state index contributed by atoms with van der Waals surface area (Å²) in [5.74, 6) is -0.272. The molecule has 0 bridgehead atoms. The lowest BCUT2D eigenvalue weighted by atomic mass is 10.2. The lowest BCUT2D eigenvalue weighted by Gasteiger charge is -2.11. The molecule has 1 aliphatic carbocycles. The van der Waals surface area contributed by atoms with Crippen molar-refractivity contribution in [3.05, 3.63) is 41.5 Å². The lowest BCUT2D eigenvalue weighted by Crippen LogP contribution is -2.18. The van der Waals surface area contributed by atoms with Crippen LogP contribution >= 0.6 is 0 Å². The largest absolute Gasteiger partial charge is 0.435 e. The van der Waals surface area contributed by atoms with Crippen molar-refractivity contribution in [2.75, 3.05) is 5.32 Å². The topological polar surface area (TPSA) is 59.8 Å². The Morgan fingerprint density at radius 3 is 2.78 bits per heavy atom. The molecule has 23 heavy (non-hydrogen) atoms. The first kappa shape index (κ1) is 15.5. The number of amides is 1. The number of aromatic nitrogens is 3. The van der Waals surface area contributed by atoms with Crippen LogP contribution in [0.25, 0.3) is 0 Å². The third-order valence-corrected chi connectivity index (χ3v) is 3.66. The summed E-state index contributed by atoms with van der Waals surface area (Å²) in [4.78, 5) is 15.5. The minimum Gasteiger partial charge on any atom is -0.319 e. The zero-order chi connectivity index (χ0) is 16.6. The zero-order valence-corrected chi connectivity index (χ0v) is 12.4. The van der Waals surface area contributed by atoms with Gasteiger partial charge < -0.3 is 5.32 Å². The first-order valence-electron chi connectivity index (χ1n) is 7.31. The number of hydrogen-bond acceptors (Lipinski definition) is 3. The van der Waals surface area contributed by atoms with E-state index in [1.807, 2.05) is 6.92 Å². The number of carbonyl (C=O) groups is 1. The van der Waals surface area contributed by atoms with Gasteiger partial charge in [0, 0.05) is 24.4 Å². The van der Waals surface area contributed by atoms with Crippen LogP contribution in [0.3, 0.4) is 0 Å². The molecule has 122 valence electrons. The van der Waals surface area contributed by atoms with Gasteiger partial charge in [0.2, 0.25) is 0 Å². The number of aryl methyl sites for hydroxylation is 1. The van der Waals surface area contributed by atoms with Crippen LogP contribution in [0.1, 0.15) is 47.6 Å². The minimum atomic E-state index is -4.63. The van der Waals surface area contributed by atoms with Crippen LogP contribution in [0.15, 0.2) is 24.4 Å². The van der Waals surface area contributed by atoms with Crippen molar-refractivity contribution >= 4 is 11.6 Å². The van der Waals surface area contributed by atoms with E-state index in [2.05, 4.69) is 15.4 Å². The number of halogens is 3. The van der Waals surface area contributed by atoms with Gasteiger partial charge in [-0.1, -0.05) is 0 Å². The Kier molecular flexibility index (Phi) is 3.83. The summed E-state index contributed by atoms with van der Waals surface area (Å²) in [6.45, 7) is 2.52. The van der Waals surface area contributed by atoms with Crippen LogP contribution < -0.4 is 5.32 Å². The first-order chi connectivity index (χ1) is 10.9. The quantitative estimate of drug-likeness (QED) is 0.937. The van der Waals surface area contributed by atoms with E-state index in [1.54, 1.807) is 10.7 Å². The molecule has 0 aromatic carbocycles. The molecule has 0 aliphatic heterocycles. The van der Waals surface area contributed by atoms with E-state index in [0.717, 1.165) is 24.7 Å². The number of hydrogen-bond donors (Lipinski definition) is 1. The molecule has 2 heterocycles. The molecule has 0 unspecified atom stereocenters. The van der Waals surface area contributed by atoms with Gasteiger partial charge >= 0.3 is 6.18 Å². The highest BCUT2D eigenvalue weighted by molar-refractivity contribution is 6.03. The summed E-state index contributed by atoms with van der Waals surface area (Å²) in [7, 11) is 0. The fourth-order valence-electron chi connectivity index (χ4n) is 2.42. The van der Waals surface area contributed by atoms with E-state index in [4.69, 9.17) is 0 Å². The number of nitrogens with zero attached hydrogens (tertiary/aromatic N) is 3. The third-order valence-electron chi connectivity index (χ3n) is 3.66. The van der Waals surface area contributed by atoms with Crippen molar-refractivity contribution in [1.82, 2.24) is 14.8 Å². The molecule has 0 atom stereocenters. The molecule has 1 aliphatic rings. The summed E-state index contributed by atoms with van der Waals surface area (Å²) < 4.78 is 40.4. The van der Waals surface area contributed by atoms with Crippen molar-refractivity contribution < 1.29 is 18.0 Å². The summed E-state index contributed by atoms with van der Waals surface area (Å²) in [5, 5.41) is 6.44. The molecule has 2 aromatic heterocycles. The van der Waals surface area contributed by atoms with Crippen LogP contribution in [0.5, 0.6) is 0 Å². The number of alkyl halides is 3. The maximum atomic E-state index is 12.9. The van der Waals surface area contributed by atoms with Gasteiger partial charge in [-0.05, 0) is 38.0 Å². The van der Waals surface area contributed by atoms with Gasteiger partial charge in [-0.3, -0.25) is 9.48 Å². The fraction of sp³-hybridized carbons (Fsp3) is 0.400. The molecule has 8 heteroatoms. The molecule has 1 amide bonds. The predicted molar refractivity (Wildman–Crippen MR) is 77.1 cm³/mol. The van der Waals surface area contributed by atoms with Crippen molar-refractivity contribution in [2.24, 2.45) is 0 Å². The second kappa shape index (κ2) is 5.68. The molecule has 1 fully saturated rings. The van der Waals surface area contributed by atoms with Crippen LogP contribution in [-0.4, -0.2) is 20.7 Å². The van der Waals surface area contributed by atoms with Gasteiger partial charge in [0.15, 0.2) is 11.4 Å². The lowest BCUT2D eigenvalue weighted by molar-refractivity contribution is -0.140. The van der Waals surface area contributed by atoms with Gasteiger partial charge in [0.25, 0.3) is 5.91 Å². The van der Waals surface area contributed by atoms with Crippen molar-refractivity contribution in [3.8, 4) is 0 Å². The van der Waals surface area contributed by atoms with E-state index >= 15 is 0 Å². The van der Waals surface area contributed by atoms with Crippen molar-refractivity contribution in [1.29, 1.82) is 0 Å². The maximum absolute atomic E-state index is 12.9. The molecule has 3 rings (SSSR count). The molecule has 5 nitrogen and oxygen atoms in total. The summed E-state index contributed by atoms with van der Waals surface area (Å²) in [5.41, 5.74) is -0.416. The molecular formula is C15H15F3N4O.